The SMILES string of the molecule is CC12CCCCC1CCC1C2CCC2(C)C(CCCC(=O)NSc3cc(F)cc(F)c3)CCC12. The standard InChI is InChI=1S/C29H41F2NOS/c1-28-14-4-3-6-19(28)9-11-24-25-12-10-20(29(25,2)15-13-26(24)28)7-5-8-27(33)32-34-23-17-21(30)16-22(31)18-23/h16-20,24-26H,3-15H2,1-2H3,(H,32,33). The van der Waals surface area contributed by atoms with Crippen LogP contribution in [0.3, 0.4) is 0 Å². The molecule has 0 bridgehead atoms. The molecular weight excluding hydrogens is 448 g/mol. The lowest BCUT2D eigenvalue weighted by Gasteiger charge is -2.60. The predicted molar refractivity (Wildman–Crippen MR) is 134 cm³/mol. The van der Waals surface area contributed by atoms with Gasteiger partial charge in [-0.25, -0.2) is 8.78 Å². The van der Waals surface area contributed by atoms with Gasteiger partial charge in [0, 0.05) is 17.4 Å². The van der Waals surface area contributed by atoms with Crippen molar-refractivity contribution in [3.63, 3.8) is 0 Å². The predicted octanol–water partition coefficient (Wildman–Crippen LogP) is 8.31. The van der Waals surface area contributed by atoms with Gasteiger partial charge in [-0.1, -0.05) is 26.7 Å². The van der Waals surface area contributed by atoms with Crippen LogP contribution < -0.4 is 4.72 Å². The molecule has 1 aromatic carbocycles. The number of carbonyl (C=O) groups excluding carboxylic acids is 1. The zero-order valence-electron chi connectivity index (χ0n) is 20.9. The average molecular weight is 490 g/mol. The number of amides is 1. The average Bonchev–Trinajstić information content (AvgIpc) is 3.13. The highest BCUT2D eigenvalue weighted by Crippen LogP contribution is 2.67. The molecule has 188 valence electrons. The van der Waals surface area contributed by atoms with Crippen LogP contribution >= 0.6 is 11.9 Å². The molecule has 0 radical (unpaired) electrons. The molecule has 0 heterocycles. The Bertz CT molecular complexity index is 888. The number of rotatable bonds is 6. The maximum absolute atomic E-state index is 13.3. The van der Waals surface area contributed by atoms with Crippen LogP contribution in [0, 0.1) is 52.1 Å². The van der Waals surface area contributed by atoms with E-state index in [1.54, 1.807) is 0 Å². The summed E-state index contributed by atoms with van der Waals surface area (Å²) in [5.41, 5.74) is 1.05. The van der Waals surface area contributed by atoms with Gasteiger partial charge in [0.2, 0.25) is 5.91 Å². The molecule has 4 aliphatic carbocycles. The summed E-state index contributed by atoms with van der Waals surface area (Å²) in [5.74, 6) is 3.15. The highest BCUT2D eigenvalue weighted by Gasteiger charge is 2.59. The Labute approximate surface area is 208 Å². The second-order valence-corrected chi connectivity index (χ2v) is 13.2. The van der Waals surface area contributed by atoms with Gasteiger partial charge >= 0.3 is 0 Å². The summed E-state index contributed by atoms with van der Waals surface area (Å²) < 4.78 is 29.4. The molecular formula is C29H41F2NOS. The summed E-state index contributed by atoms with van der Waals surface area (Å²) in [4.78, 5) is 12.7. The number of hydrogen-bond donors (Lipinski definition) is 1. The lowest BCUT2D eigenvalue weighted by Crippen LogP contribution is -2.52. The van der Waals surface area contributed by atoms with Crippen molar-refractivity contribution in [3.8, 4) is 0 Å². The largest absolute Gasteiger partial charge is 0.296 e. The molecule has 0 aromatic heterocycles. The summed E-state index contributed by atoms with van der Waals surface area (Å²) in [6.45, 7) is 5.23. The van der Waals surface area contributed by atoms with Crippen LogP contribution in [0.1, 0.15) is 97.3 Å². The first kappa shape index (κ1) is 24.6. The van der Waals surface area contributed by atoms with E-state index in [2.05, 4.69) is 18.6 Å². The first-order valence-electron chi connectivity index (χ1n) is 13.7. The molecule has 1 aromatic rings. The maximum atomic E-state index is 13.3. The van der Waals surface area contributed by atoms with E-state index in [0.29, 0.717) is 22.1 Å². The molecule has 0 saturated heterocycles. The molecule has 4 aliphatic rings. The first-order chi connectivity index (χ1) is 16.3. The van der Waals surface area contributed by atoms with Gasteiger partial charge < -0.3 is 0 Å². The van der Waals surface area contributed by atoms with Gasteiger partial charge in [0.15, 0.2) is 0 Å². The molecule has 7 unspecified atom stereocenters. The Morgan fingerprint density at radius 1 is 0.941 bits per heavy atom. The quantitative estimate of drug-likeness (QED) is 0.407. The van der Waals surface area contributed by atoms with Crippen LogP contribution in [0.25, 0.3) is 0 Å². The van der Waals surface area contributed by atoms with Crippen molar-refractivity contribution in [1.82, 2.24) is 4.72 Å². The number of fused-ring (bicyclic) bond motifs is 5. The van der Waals surface area contributed by atoms with Gasteiger partial charge in [0.25, 0.3) is 0 Å². The van der Waals surface area contributed by atoms with Crippen molar-refractivity contribution >= 4 is 17.9 Å². The fourth-order valence-corrected chi connectivity index (χ4v) is 9.82. The Morgan fingerprint density at radius 3 is 2.50 bits per heavy atom. The number of nitrogens with one attached hydrogen (secondary N) is 1. The molecule has 5 rings (SSSR count). The molecule has 5 heteroatoms. The molecule has 0 aliphatic heterocycles. The lowest BCUT2D eigenvalue weighted by molar-refractivity contribution is -0.119. The van der Waals surface area contributed by atoms with E-state index in [9.17, 15) is 13.6 Å². The van der Waals surface area contributed by atoms with Crippen LogP contribution in [0.4, 0.5) is 8.78 Å². The minimum atomic E-state index is -0.624. The van der Waals surface area contributed by atoms with Crippen LogP contribution in [0.15, 0.2) is 23.1 Å². The van der Waals surface area contributed by atoms with E-state index in [4.69, 9.17) is 0 Å². The first-order valence-corrected chi connectivity index (χ1v) is 14.5. The van der Waals surface area contributed by atoms with Gasteiger partial charge in [0.05, 0.1) is 0 Å². The van der Waals surface area contributed by atoms with Gasteiger partial charge in [-0.3, -0.25) is 9.52 Å². The number of carbonyl (C=O) groups is 1. The summed E-state index contributed by atoms with van der Waals surface area (Å²) in [6, 6.07) is 3.33. The monoisotopic (exact) mass is 489 g/mol. The van der Waals surface area contributed by atoms with Crippen LogP contribution in [-0.4, -0.2) is 5.91 Å². The number of benzene rings is 1. The molecule has 0 spiro atoms. The Balaban J connectivity index is 1.13. The third kappa shape index (κ3) is 4.55. The zero-order valence-corrected chi connectivity index (χ0v) is 21.7. The highest BCUT2D eigenvalue weighted by molar-refractivity contribution is 7.98. The van der Waals surface area contributed by atoms with Gasteiger partial charge in [-0.15, -0.1) is 0 Å². The van der Waals surface area contributed by atoms with Crippen LogP contribution in [0.2, 0.25) is 0 Å². The topological polar surface area (TPSA) is 29.1 Å². The second-order valence-electron chi connectivity index (χ2n) is 12.3. The van der Waals surface area contributed by atoms with Gasteiger partial charge in [-0.2, -0.15) is 0 Å². The van der Waals surface area contributed by atoms with Gasteiger partial charge in [0.1, 0.15) is 11.6 Å². The maximum Gasteiger partial charge on any atom is 0.230 e. The number of hydrogen-bond acceptors (Lipinski definition) is 2. The van der Waals surface area contributed by atoms with E-state index in [1.807, 2.05) is 0 Å². The van der Waals surface area contributed by atoms with E-state index in [1.165, 1.54) is 76.3 Å². The van der Waals surface area contributed by atoms with E-state index >= 15 is 0 Å². The highest BCUT2D eigenvalue weighted by atomic mass is 32.2. The van der Waals surface area contributed by atoms with Crippen molar-refractivity contribution in [2.75, 3.05) is 0 Å². The minimum absolute atomic E-state index is 0.0541. The van der Waals surface area contributed by atoms with Crippen molar-refractivity contribution in [2.45, 2.75) is 102 Å². The normalized spacial score (nSPS) is 39.1. The lowest BCUT2D eigenvalue weighted by atomic mass is 9.45. The van der Waals surface area contributed by atoms with Crippen molar-refractivity contribution in [3.05, 3.63) is 29.8 Å². The Hall–Kier alpha value is -1.10. The van der Waals surface area contributed by atoms with Crippen molar-refractivity contribution < 1.29 is 13.6 Å². The molecule has 1 amide bonds. The van der Waals surface area contributed by atoms with Gasteiger partial charge in [-0.05, 0) is 129 Å². The van der Waals surface area contributed by atoms with Crippen molar-refractivity contribution in [2.24, 2.45) is 40.4 Å². The molecule has 1 N–H and O–H groups in total. The molecule has 34 heavy (non-hydrogen) atoms. The second kappa shape index (κ2) is 9.75. The third-order valence-corrected chi connectivity index (χ3v) is 11.7. The number of halogens is 2. The molecule has 4 saturated carbocycles. The van der Waals surface area contributed by atoms with E-state index < -0.39 is 11.6 Å². The Morgan fingerprint density at radius 2 is 1.71 bits per heavy atom. The Kier molecular flexibility index (Phi) is 7.05. The third-order valence-electron chi connectivity index (χ3n) is 10.9. The molecule has 7 atom stereocenters. The summed E-state index contributed by atoms with van der Waals surface area (Å²) >= 11 is 0.998. The van der Waals surface area contributed by atoms with E-state index in [-0.39, 0.29) is 5.91 Å². The van der Waals surface area contributed by atoms with Crippen molar-refractivity contribution in [1.29, 1.82) is 0 Å². The summed E-state index contributed by atoms with van der Waals surface area (Å²) in [5, 5.41) is 0. The summed E-state index contributed by atoms with van der Waals surface area (Å²) in [6.07, 6.45) is 16.7. The molecule has 2 nitrogen and oxygen atoms in total. The summed E-state index contributed by atoms with van der Waals surface area (Å²) in [7, 11) is 0. The zero-order chi connectivity index (χ0) is 23.9. The van der Waals surface area contributed by atoms with Crippen LogP contribution in [0.5, 0.6) is 0 Å². The minimum Gasteiger partial charge on any atom is -0.296 e. The van der Waals surface area contributed by atoms with Crippen LogP contribution in [-0.2, 0) is 4.79 Å². The van der Waals surface area contributed by atoms with E-state index in [0.717, 1.165) is 60.4 Å². The fraction of sp³-hybridized carbons (Fsp3) is 0.759. The smallest absolute Gasteiger partial charge is 0.230 e. The molecule has 4 fully saturated rings. The fourth-order valence-electron chi connectivity index (χ4n) is 9.14.